The van der Waals surface area contributed by atoms with Gasteiger partial charge in [-0.15, -0.1) is 0 Å². The van der Waals surface area contributed by atoms with Gasteiger partial charge in [0, 0.05) is 25.7 Å². The van der Waals surface area contributed by atoms with Gasteiger partial charge in [0.2, 0.25) is 0 Å². The smallest absolute Gasteiger partial charge is 0.303 e. The lowest BCUT2D eigenvalue weighted by Gasteiger charge is -2.52. The van der Waals surface area contributed by atoms with Crippen LogP contribution in [0.2, 0.25) is 0 Å². The Balaban J connectivity index is 1.97. The molecule has 0 radical (unpaired) electrons. The number of hydrogen-bond acceptors (Lipinski definition) is 2. The molecule has 0 aliphatic carbocycles. The van der Waals surface area contributed by atoms with Crippen molar-refractivity contribution in [2.75, 3.05) is 26.2 Å². The van der Waals surface area contributed by atoms with Crippen LogP contribution in [-0.4, -0.2) is 42.7 Å². The molecule has 0 spiro atoms. The molecule has 3 saturated heterocycles. The molecule has 92 valence electrons. The Morgan fingerprint density at radius 1 is 1.38 bits per heavy atom. The summed E-state index contributed by atoms with van der Waals surface area (Å²) in [5.41, 5.74) is 0. The van der Waals surface area contributed by atoms with E-state index in [0.29, 0.717) is 5.92 Å². The molecular formula is C13H24NO2+. The zero-order valence-corrected chi connectivity index (χ0v) is 10.6. The van der Waals surface area contributed by atoms with Gasteiger partial charge >= 0.3 is 5.97 Å². The zero-order valence-electron chi connectivity index (χ0n) is 10.6. The van der Waals surface area contributed by atoms with Crippen molar-refractivity contribution in [1.29, 1.82) is 0 Å². The molecule has 0 aromatic rings. The van der Waals surface area contributed by atoms with Gasteiger partial charge in [-0.25, -0.2) is 0 Å². The van der Waals surface area contributed by atoms with Crippen molar-refractivity contribution in [3.05, 3.63) is 0 Å². The number of carbonyl (C=O) groups is 1. The summed E-state index contributed by atoms with van der Waals surface area (Å²) in [6.45, 7) is 8.75. The highest BCUT2D eigenvalue weighted by atomic mass is 16.5. The third kappa shape index (κ3) is 2.40. The molecule has 3 heteroatoms. The summed E-state index contributed by atoms with van der Waals surface area (Å²) in [5, 5.41) is 0. The van der Waals surface area contributed by atoms with Crippen LogP contribution in [0.3, 0.4) is 0 Å². The van der Waals surface area contributed by atoms with Crippen molar-refractivity contribution in [2.24, 2.45) is 5.92 Å². The summed E-state index contributed by atoms with van der Waals surface area (Å²) >= 11 is 0. The molecule has 3 nitrogen and oxygen atoms in total. The molecule has 3 heterocycles. The predicted octanol–water partition coefficient (Wildman–Crippen LogP) is 1.96. The molecule has 0 aromatic heterocycles. The summed E-state index contributed by atoms with van der Waals surface area (Å²) in [6, 6.07) is 0. The standard InChI is InChI=1S/C13H24NO2/c1-3-4-7-14-8-5-12(6-9-14)13(10-14)16-11(2)15/h12-13H,3-10H2,1-2H3/q+1/t12?,13-,14?/m1/s1. The van der Waals surface area contributed by atoms with Crippen LogP contribution in [0.5, 0.6) is 0 Å². The van der Waals surface area contributed by atoms with Crippen LogP contribution in [-0.2, 0) is 9.53 Å². The number of piperidine rings is 3. The zero-order chi connectivity index (χ0) is 11.6. The summed E-state index contributed by atoms with van der Waals surface area (Å²) < 4.78 is 6.69. The number of rotatable bonds is 4. The van der Waals surface area contributed by atoms with Crippen LogP contribution in [0.15, 0.2) is 0 Å². The van der Waals surface area contributed by atoms with Crippen molar-refractivity contribution < 1.29 is 14.0 Å². The van der Waals surface area contributed by atoms with E-state index in [0.717, 1.165) is 6.54 Å². The van der Waals surface area contributed by atoms with Gasteiger partial charge in [-0.2, -0.15) is 0 Å². The SMILES string of the molecule is CCCC[N+]12CCC(CC1)[C@H](OC(C)=O)C2. The Hall–Kier alpha value is -0.570. The maximum absolute atomic E-state index is 11.1. The highest BCUT2D eigenvalue weighted by molar-refractivity contribution is 5.66. The molecule has 2 bridgehead atoms. The first-order valence-corrected chi connectivity index (χ1v) is 6.67. The Morgan fingerprint density at radius 3 is 2.62 bits per heavy atom. The van der Waals surface area contributed by atoms with Gasteiger partial charge in [0.15, 0.2) is 6.10 Å². The summed E-state index contributed by atoms with van der Waals surface area (Å²) in [4.78, 5) is 11.1. The molecule has 0 unspecified atom stereocenters. The quantitative estimate of drug-likeness (QED) is 0.541. The first kappa shape index (κ1) is 11.9. The van der Waals surface area contributed by atoms with E-state index in [2.05, 4.69) is 6.92 Å². The van der Waals surface area contributed by atoms with Crippen molar-refractivity contribution in [3.63, 3.8) is 0 Å². The minimum absolute atomic E-state index is 0.104. The largest absolute Gasteiger partial charge is 0.456 e. The van der Waals surface area contributed by atoms with Crippen molar-refractivity contribution in [1.82, 2.24) is 0 Å². The molecule has 1 atom stereocenters. The van der Waals surface area contributed by atoms with E-state index in [1.165, 1.54) is 56.7 Å². The van der Waals surface area contributed by atoms with E-state index in [9.17, 15) is 4.79 Å². The minimum Gasteiger partial charge on any atom is -0.456 e. The van der Waals surface area contributed by atoms with Crippen LogP contribution < -0.4 is 0 Å². The third-order valence-electron chi connectivity index (χ3n) is 4.34. The monoisotopic (exact) mass is 226 g/mol. The fraction of sp³-hybridized carbons (Fsp3) is 0.923. The molecule has 3 aliphatic rings. The number of unbranched alkanes of at least 4 members (excludes halogenated alkanes) is 1. The maximum atomic E-state index is 11.1. The lowest BCUT2D eigenvalue weighted by atomic mass is 9.83. The summed E-state index contributed by atoms with van der Waals surface area (Å²) in [5.74, 6) is 0.540. The van der Waals surface area contributed by atoms with Gasteiger partial charge in [-0.3, -0.25) is 4.79 Å². The van der Waals surface area contributed by atoms with Crippen LogP contribution >= 0.6 is 0 Å². The summed E-state index contributed by atoms with van der Waals surface area (Å²) in [6.07, 6.45) is 5.28. The van der Waals surface area contributed by atoms with Crippen LogP contribution in [0.4, 0.5) is 0 Å². The number of fused-ring (bicyclic) bond motifs is 3. The molecule has 0 aromatic carbocycles. The predicted molar refractivity (Wildman–Crippen MR) is 62.9 cm³/mol. The second-order valence-corrected chi connectivity index (χ2v) is 5.53. The molecule has 3 aliphatic heterocycles. The second kappa shape index (κ2) is 4.74. The van der Waals surface area contributed by atoms with E-state index in [1.54, 1.807) is 0 Å². The van der Waals surface area contributed by atoms with Gasteiger partial charge in [0.1, 0.15) is 6.54 Å². The Kier molecular flexibility index (Phi) is 3.53. The Labute approximate surface area is 98.4 Å². The maximum Gasteiger partial charge on any atom is 0.303 e. The normalized spacial score (nSPS) is 37.4. The average molecular weight is 226 g/mol. The van der Waals surface area contributed by atoms with E-state index in [4.69, 9.17) is 4.74 Å². The van der Waals surface area contributed by atoms with Gasteiger partial charge in [-0.1, -0.05) is 13.3 Å². The first-order valence-electron chi connectivity index (χ1n) is 6.67. The lowest BCUT2D eigenvalue weighted by molar-refractivity contribution is -0.946. The van der Waals surface area contributed by atoms with E-state index in [-0.39, 0.29) is 12.1 Å². The highest BCUT2D eigenvalue weighted by Crippen LogP contribution is 2.35. The van der Waals surface area contributed by atoms with E-state index >= 15 is 0 Å². The van der Waals surface area contributed by atoms with Crippen LogP contribution in [0, 0.1) is 5.92 Å². The van der Waals surface area contributed by atoms with E-state index in [1.807, 2.05) is 0 Å². The van der Waals surface area contributed by atoms with Crippen LogP contribution in [0.25, 0.3) is 0 Å². The molecule has 0 amide bonds. The molecule has 0 N–H and O–H groups in total. The topological polar surface area (TPSA) is 26.3 Å². The lowest BCUT2D eigenvalue weighted by Crippen LogP contribution is -2.64. The Bertz CT molecular complexity index is 257. The number of esters is 1. The molecule has 3 fully saturated rings. The summed E-state index contributed by atoms with van der Waals surface area (Å²) in [7, 11) is 0. The van der Waals surface area contributed by atoms with Gasteiger partial charge in [-0.05, 0) is 6.42 Å². The van der Waals surface area contributed by atoms with Gasteiger partial charge in [0.25, 0.3) is 0 Å². The van der Waals surface area contributed by atoms with E-state index < -0.39 is 0 Å². The molecule has 0 saturated carbocycles. The number of ether oxygens (including phenoxy) is 1. The van der Waals surface area contributed by atoms with Crippen molar-refractivity contribution in [3.8, 4) is 0 Å². The number of carbonyl (C=O) groups excluding carboxylic acids is 1. The number of quaternary nitrogens is 1. The van der Waals surface area contributed by atoms with Gasteiger partial charge < -0.3 is 9.22 Å². The second-order valence-electron chi connectivity index (χ2n) is 5.53. The third-order valence-corrected chi connectivity index (χ3v) is 4.34. The average Bonchev–Trinajstić information content (AvgIpc) is 2.27. The molecule has 16 heavy (non-hydrogen) atoms. The fourth-order valence-electron chi connectivity index (χ4n) is 3.38. The number of nitrogens with zero attached hydrogens (tertiary/aromatic N) is 1. The van der Waals surface area contributed by atoms with Gasteiger partial charge in [0.05, 0.1) is 19.6 Å². The fourth-order valence-corrected chi connectivity index (χ4v) is 3.38. The highest BCUT2D eigenvalue weighted by Gasteiger charge is 2.46. The van der Waals surface area contributed by atoms with Crippen molar-refractivity contribution in [2.45, 2.75) is 45.6 Å². The van der Waals surface area contributed by atoms with Crippen molar-refractivity contribution >= 4 is 5.97 Å². The first-order chi connectivity index (χ1) is 7.65. The minimum atomic E-state index is -0.104. The number of hydrogen-bond donors (Lipinski definition) is 0. The Morgan fingerprint density at radius 2 is 2.06 bits per heavy atom. The molecule has 3 rings (SSSR count). The molecular weight excluding hydrogens is 202 g/mol. The van der Waals surface area contributed by atoms with Crippen LogP contribution in [0.1, 0.15) is 39.5 Å².